The zero-order valence-corrected chi connectivity index (χ0v) is 17.1. The fourth-order valence-electron chi connectivity index (χ4n) is 3.56. The molecule has 0 radical (unpaired) electrons. The molecule has 1 saturated heterocycles. The number of nitrogens with zero attached hydrogens (tertiary/aromatic N) is 5. The highest BCUT2D eigenvalue weighted by Crippen LogP contribution is 2.32. The lowest BCUT2D eigenvalue weighted by Crippen LogP contribution is -2.35. The molecule has 3 rings (SSSR count). The summed E-state index contributed by atoms with van der Waals surface area (Å²) in [5, 5.41) is 0. The molecular formula is C20H26F3N5O. The van der Waals surface area contributed by atoms with Gasteiger partial charge < -0.3 is 9.47 Å². The van der Waals surface area contributed by atoms with E-state index in [1.165, 1.54) is 0 Å². The number of imidazole rings is 1. The van der Waals surface area contributed by atoms with Crippen molar-refractivity contribution < 1.29 is 18.0 Å². The highest BCUT2D eigenvalue weighted by Gasteiger charge is 2.36. The van der Waals surface area contributed by atoms with Crippen molar-refractivity contribution in [2.45, 2.75) is 58.7 Å². The predicted octanol–water partition coefficient (Wildman–Crippen LogP) is 3.78. The van der Waals surface area contributed by atoms with E-state index in [0.717, 1.165) is 11.9 Å². The van der Waals surface area contributed by atoms with Crippen molar-refractivity contribution in [3.63, 3.8) is 0 Å². The number of likely N-dealkylation sites (tertiary alicyclic amines) is 1. The second kappa shape index (κ2) is 8.12. The molecule has 1 amide bonds. The van der Waals surface area contributed by atoms with Crippen LogP contribution in [-0.2, 0) is 17.5 Å². The van der Waals surface area contributed by atoms with Gasteiger partial charge in [0.05, 0.1) is 5.92 Å². The number of alkyl halides is 3. The molecule has 2 aromatic heterocycles. The van der Waals surface area contributed by atoms with E-state index >= 15 is 0 Å². The van der Waals surface area contributed by atoms with Gasteiger partial charge in [0.2, 0.25) is 5.91 Å². The lowest BCUT2D eigenvalue weighted by atomic mass is 10.1. The van der Waals surface area contributed by atoms with Crippen molar-refractivity contribution in [3.05, 3.63) is 41.5 Å². The summed E-state index contributed by atoms with van der Waals surface area (Å²) in [6.45, 7) is 8.68. The number of aryl methyl sites for hydroxylation is 1. The Balaban J connectivity index is 1.74. The molecule has 0 N–H and O–H groups in total. The first kappa shape index (κ1) is 21.3. The van der Waals surface area contributed by atoms with Gasteiger partial charge in [-0.25, -0.2) is 15.0 Å². The number of hydrogen-bond donors (Lipinski definition) is 0. The van der Waals surface area contributed by atoms with E-state index in [9.17, 15) is 18.0 Å². The maximum atomic E-state index is 13.3. The molecule has 0 spiro atoms. The predicted molar refractivity (Wildman–Crippen MR) is 101 cm³/mol. The van der Waals surface area contributed by atoms with Crippen molar-refractivity contribution in [3.8, 4) is 0 Å². The average molecular weight is 409 g/mol. The summed E-state index contributed by atoms with van der Waals surface area (Å²) >= 11 is 0. The summed E-state index contributed by atoms with van der Waals surface area (Å²) in [4.78, 5) is 26.9. The van der Waals surface area contributed by atoms with Crippen LogP contribution in [0.15, 0.2) is 18.5 Å². The van der Waals surface area contributed by atoms with Crippen molar-refractivity contribution in [2.75, 3.05) is 13.1 Å². The molecule has 2 atom stereocenters. The lowest BCUT2D eigenvalue weighted by molar-refractivity contribution is -0.141. The van der Waals surface area contributed by atoms with E-state index < -0.39 is 11.9 Å². The topological polar surface area (TPSA) is 63.9 Å². The number of rotatable bonds is 5. The minimum absolute atomic E-state index is 0.0170. The van der Waals surface area contributed by atoms with Crippen molar-refractivity contribution >= 4 is 5.91 Å². The van der Waals surface area contributed by atoms with Crippen LogP contribution in [0.25, 0.3) is 0 Å². The molecule has 0 saturated carbocycles. The van der Waals surface area contributed by atoms with Crippen LogP contribution >= 0.6 is 0 Å². The Bertz CT molecular complexity index is 877. The zero-order chi connectivity index (χ0) is 21.3. The zero-order valence-electron chi connectivity index (χ0n) is 17.1. The van der Waals surface area contributed by atoms with Gasteiger partial charge in [-0.1, -0.05) is 20.8 Å². The van der Waals surface area contributed by atoms with E-state index in [2.05, 4.69) is 15.0 Å². The highest BCUT2D eigenvalue weighted by atomic mass is 19.4. The molecule has 2 unspecified atom stereocenters. The van der Waals surface area contributed by atoms with Gasteiger partial charge in [0, 0.05) is 43.6 Å². The quantitative estimate of drug-likeness (QED) is 0.754. The second-order valence-electron chi connectivity index (χ2n) is 7.99. The summed E-state index contributed by atoms with van der Waals surface area (Å²) in [6, 6.07) is 1.02. The molecule has 6 nitrogen and oxygen atoms in total. The summed E-state index contributed by atoms with van der Waals surface area (Å²) in [5.74, 6) is 0.308. The molecule has 1 aliphatic heterocycles. The van der Waals surface area contributed by atoms with Crippen molar-refractivity contribution in [1.82, 2.24) is 24.4 Å². The van der Waals surface area contributed by atoms with Crippen LogP contribution in [0.4, 0.5) is 13.2 Å². The molecular weight excluding hydrogens is 383 g/mol. The van der Waals surface area contributed by atoms with E-state index in [1.807, 2.05) is 24.6 Å². The Labute approximate surface area is 168 Å². The number of carbonyl (C=O) groups excluding carboxylic acids is 1. The largest absolute Gasteiger partial charge is 0.433 e. The minimum Gasteiger partial charge on any atom is -0.342 e. The van der Waals surface area contributed by atoms with E-state index in [-0.39, 0.29) is 29.5 Å². The van der Waals surface area contributed by atoms with Gasteiger partial charge in [0.1, 0.15) is 17.3 Å². The summed E-state index contributed by atoms with van der Waals surface area (Å²) < 4.78 is 41.7. The SMILES string of the molecule is Cc1nccn1CC(C)C(=O)N1CCC(c2nc(C(C)C)cc(C(F)(F)F)n2)C1. The molecule has 1 aliphatic rings. The van der Waals surface area contributed by atoms with Crippen LogP contribution in [0.2, 0.25) is 0 Å². The molecule has 3 heterocycles. The maximum absolute atomic E-state index is 13.3. The average Bonchev–Trinajstić information content (AvgIpc) is 3.29. The van der Waals surface area contributed by atoms with Crippen LogP contribution in [0.3, 0.4) is 0 Å². The Hall–Kier alpha value is -2.45. The fourth-order valence-corrected chi connectivity index (χ4v) is 3.56. The number of amides is 1. The van der Waals surface area contributed by atoms with E-state index in [1.54, 1.807) is 24.9 Å². The fraction of sp³-hybridized carbons (Fsp3) is 0.600. The maximum Gasteiger partial charge on any atom is 0.433 e. The summed E-state index contributed by atoms with van der Waals surface area (Å²) in [5.41, 5.74) is -0.545. The van der Waals surface area contributed by atoms with Gasteiger partial charge in [-0.2, -0.15) is 13.2 Å². The molecule has 0 aliphatic carbocycles. The van der Waals surface area contributed by atoms with Gasteiger partial charge in [0.15, 0.2) is 0 Å². The summed E-state index contributed by atoms with van der Waals surface area (Å²) in [6.07, 6.45) is -0.445. The van der Waals surface area contributed by atoms with Crippen LogP contribution in [0, 0.1) is 12.8 Å². The number of aromatic nitrogens is 4. The van der Waals surface area contributed by atoms with Crippen LogP contribution in [0.1, 0.15) is 62.1 Å². The monoisotopic (exact) mass is 409 g/mol. The first-order chi connectivity index (χ1) is 13.6. The Kier molecular flexibility index (Phi) is 5.95. The smallest absolute Gasteiger partial charge is 0.342 e. The first-order valence-electron chi connectivity index (χ1n) is 9.78. The Morgan fingerprint density at radius 2 is 2.00 bits per heavy atom. The molecule has 158 valence electrons. The molecule has 29 heavy (non-hydrogen) atoms. The van der Waals surface area contributed by atoms with Gasteiger partial charge in [-0.05, 0) is 25.3 Å². The normalized spacial score (nSPS) is 18.5. The molecule has 0 aromatic carbocycles. The number of halogens is 3. The first-order valence-corrected chi connectivity index (χ1v) is 9.78. The number of hydrogen-bond acceptors (Lipinski definition) is 4. The van der Waals surface area contributed by atoms with Gasteiger partial charge in [-0.15, -0.1) is 0 Å². The van der Waals surface area contributed by atoms with Crippen LogP contribution in [-0.4, -0.2) is 43.4 Å². The standard InChI is InChI=1S/C20H26F3N5O/c1-12(2)16-9-17(20(21,22)23)26-18(25-16)15-5-7-28(11-15)19(29)13(3)10-27-8-6-24-14(27)4/h6,8-9,12-13,15H,5,7,10-11H2,1-4H3. The Morgan fingerprint density at radius 1 is 1.28 bits per heavy atom. The molecule has 0 bridgehead atoms. The Morgan fingerprint density at radius 3 is 2.59 bits per heavy atom. The van der Waals surface area contributed by atoms with Gasteiger partial charge in [0.25, 0.3) is 0 Å². The third-order valence-electron chi connectivity index (χ3n) is 5.33. The minimum atomic E-state index is -4.52. The molecule has 1 fully saturated rings. The summed E-state index contributed by atoms with van der Waals surface area (Å²) in [7, 11) is 0. The third kappa shape index (κ3) is 4.76. The van der Waals surface area contributed by atoms with Crippen LogP contribution in [0.5, 0.6) is 0 Å². The number of carbonyl (C=O) groups is 1. The second-order valence-corrected chi connectivity index (χ2v) is 7.99. The van der Waals surface area contributed by atoms with Gasteiger partial charge in [-0.3, -0.25) is 4.79 Å². The van der Waals surface area contributed by atoms with Crippen molar-refractivity contribution in [2.24, 2.45) is 5.92 Å². The highest BCUT2D eigenvalue weighted by molar-refractivity contribution is 5.78. The van der Waals surface area contributed by atoms with E-state index in [4.69, 9.17) is 0 Å². The molecule has 2 aromatic rings. The van der Waals surface area contributed by atoms with Crippen LogP contribution < -0.4 is 0 Å². The van der Waals surface area contributed by atoms with E-state index in [0.29, 0.717) is 31.7 Å². The van der Waals surface area contributed by atoms with Crippen molar-refractivity contribution in [1.29, 1.82) is 0 Å². The third-order valence-corrected chi connectivity index (χ3v) is 5.33. The lowest BCUT2D eigenvalue weighted by Gasteiger charge is -2.22. The molecule has 9 heteroatoms. The van der Waals surface area contributed by atoms with Gasteiger partial charge >= 0.3 is 6.18 Å².